The number of halogens is 1. The number of carbonyl (C=O) groups excluding carboxylic acids is 2. The molecule has 1 aromatic heterocycles. The number of thioether (sulfide) groups is 1. The fourth-order valence-corrected chi connectivity index (χ4v) is 4.40. The molecule has 1 saturated heterocycles. The Morgan fingerprint density at radius 1 is 1.41 bits per heavy atom. The molecule has 7 nitrogen and oxygen atoms in total. The minimum Gasteiger partial charge on any atom is -0.444 e. The van der Waals surface area contributed by atoms with Crippen LogP contribution in [0.2, 0.25) is 0 Å². The van der Waals surface area contributed by atoms with Crippen LogP contribution in [0.25, 0.3) is 10.9 Å². The van der Waals surface area contributed by atoms with Gasteiger partial charge in [-0.1, -0.05) is 0 Å². The van der Waals surface area contributed by atoms with Gasteiger partial charge in [0.2, 0.25) is 5.91 Å². The summed E-state index contributed by atoms with van der Waals surface area (Å²) >= 11 is 3.63. The first-order chi connectivity index (χ1) is 12.6. The third-order valence-electron chi connectivity index (χ3n) is 4.46. The van der Waals surface area contributed by atoms with Crippen LogP contribution < -0.4 is 5.32 Å². The Morgan fingerprint density at radius 2 is 2.15 bits per heavy atom. The van der Waals surface area contributed by atoms with E-state index in [4.69, 9.17) is 4.74 Å². The van der Waals surface area contributed by atoms with E-state index in [-0.39, 0.29) is 12.0 Å². The average Bonchev–Trinajstić information content (AvgIpc) is 3.19. The summed E-state index contributed by atoms with van der Waals surface area (Å²) in [5.74, 6) is -0.0982. The molecule has 1 aliphatic rings. The van der Waals surface area contributed by atoms with Crippen molar-refractivity contribution in [2.45, 2.75) is 37.5 Å². The topological polar surface area (TPSA) is 87.3 Å². The number of likely N-dealkylation sites (tertiary alicyclic amines) is 1. The van der Waals surface area contributed by atoms with E-state index < -0.39 is 10.3 Å². The Morgan fingerprint density at radius 3 is 2.81 bits per heavy atom. The molecule has 1 fully saturated rings. The van der Waals surface area contributed by atoms with Crippen LogP contribution in [0.5, 0.6) is 0 Å². The predicted molar refractivity (Wildman–Crippen MR) is 116 cm³/mol. The van der Waals surface area contributed by atoms with E-state index in [0.29, 0.717) is 19.5 Å². The summed E-state index contributed by atoms with van der Waals surface area (Å²) in [7, 11) is 0. The number of carbonyl (C=O) groups is 2. The number of anilines is 1. The highest BCUT2D eigenvalue weighted by atomic mass is 127. The molecule has 0 bridgehead atoms. The van der Waals surface area contributed by atoms with Crippen LogP contribution in [-0.2, 0) is 9.53 Å². The number of nitrogens with zero attached hydrogens (tertiary/aromatic N) is 2. The lowest BCUT2D eigenvalue weighted by atomic mass is 10.1. The van der Waals surface area contributed by atoms with E-state index in [1.54, 1.807) is 4.90 Å². The van der Waals surface area contributed by atoms with Gasteiger partial charge in [-0.15, -0.1) is 11.8 Å². The number of rotatable bonds is 3. The van der Waals surface area contributed by atoms with Crippen molar-refractivity contribution in [3.8, 4) is 0 Å². The van der Waals surface area contributed by atoms with Gasteiger partial charge in [-0.05, 0) is 74.2 Å². The van der Waals surface area contributed by atoms with Gasteiger partial charge in [0.25, 0.3) is 0 Å². The molecule has 1 aromatic carbocycles. The van der Waals surface area contributed by atoms with Crippen molar-refractivity contribution in [3.05, 3.63) is 21.9 Å². The largest absolute Gasteiger partial charge is 0.444 e. The van der Waals surface area contributed by atoms with Crippen LogP contribution >= 0.6 is 34.4 Å². The smallest absolute Gasteiger partial charge is 0.410 e. The molecule has 0 saturated carbocycles. The third-order valence-corrected chi connectivity index (χ3v) is 6.58. The minimum absolute atomic E-state index is 0.0982. The molecule has 0 aliphatic carbocycles. The minimum atomic E-state index is -0.685. The second-order valence-corrected chi connectivity index (χ2v) is 9.79. The lowest BCUT2D eigenvalue weighted by Crippen LogP contribution is -2.44. The molecule has 2 amide bonds. The summed E-state index contributed by atoms with van der Waals surface area (Å²) in [5, 5.41) is 11.1. The standard InChI is InChI=1S/C18H23IN4O3S/c1-17(2,3)26-16(25)23-8-7-18(10-23,27-4)15(24)20-11-5-6-13-12(9-11)14(19)22-21-13/h5-6,9H,7-8,10H2,1-4H3,(H,20,24)(H,21,22)/t18-/m0/s1. The molecule has 9 heteroatoms. The molecule has 3 rings (SSSR count). The zero-order valence-corrected chi connectivity index (χ0v) is 18.7. The Kier molecular flexibility index (Phi) is 5.62. The molecule has 1 atom stereocenters. The van der Waals surface area contributed by atoms with Crippen molar-refractivity contribution in [2.75, 3.05) is 24.7 Å². The zero-order chi connectivity index (χ0) is 19.8. The predicted octanol–water partition coefficient (Wildman–Crippen LogP) is 3.85. The molecule has 27 heavy (non-hydrogen) atoms. The van der Waals surface area contributed by atoms with Crippen molar-refractivity contribution in [3.63, 3.8) is 0 Å². The second kappa shape index (κ2) is 7.50. The maximum Gasteiger partial charge on any atom is 0.410 e. The van der Waals surface area contributed by atoms with Gasteiger partial charge in [0, 0.05) is 24.2 Å². The van der Waals surface area contributed by atoms with Gasteiger partial charge >= 0.3 is 6.09 Å². The fourth-order valence-electron chi connectivity index (χ4n) is 3.01. The summed E-state index contributed by atoms with van der Waals surface area (Å²) in [6.07, 6.45) is 2.12. The lowest BCUT2D eigenvalue weighted by molar-refractivity contribution is -0.118. The van der Waals surface area contributed by atoms with Gasteiger partial charge in [0.15, 0.2) is 0 Å². The summed E-state index contributed by atoms with van der Waals surface area (Å²) in [6, 6.07) is 5.66. The van der Waals surface area contributed by atoms with Gasteiger partial charge in [-0.3, -0.25) is 9.89 Å². The number of nitrogens with one attached hydrogen (secondary N) is 2. The van der Waals surface area contributed by atoms with Gasteiger partial charge in [0.1, 0.15) is 14.0 Å². The maximum absolute atomic E-state index is 13.0. The third kappa shape index (κ3) is 4.34. The molecule has 0 spiro atoms. The number of H-pyrrole nitrogens is 1. The number of amides is 2. The lowest BCUT2D eigenvalue weighted by Gasteiger charge is -2.27. The summed E-state index contributed by atoms with van der Waals surface area (Å²) < 4.78 is 5.62. The molecule has 2 aromatic rings. The van der Waals surface area contributed by atoms with Gasteiger partial charge < -0.3 is 15.0 Å². The van der Waals surface area contributed by atoms with Crippen molar-refractivity contribution < 1.29 is 14.3 Å². The van der Waals surface area contributed by atoms with E-state index in [1.807, 2.05) is 45.2 Å². The van der Waals surface area contributed by atoms with Gasteiger partial charge in [-0.2, -0.15) is 5.10 Å². The quantitative estimate of drug-likeness (QED) is 0.623. The van der Waals surface area contributed by atoms with Crippen LogP contribution in [0.15, 0.2) is 18.2 Å². The summed E-state index contributed by atoms with van der Waals surface area (Å²) in [4.78, 5) is 27.0. The number of benzene rings is 1. The second-order valence-electron chi connectivity index (χ2n) is 7.58. The van der Waals surface area contributed by atoms with Crippen molar-refractivity contribution >= 4 is 62.9 Å². The van der Waals surface area contributed by atoms with E-state index in [9.17, 15) is 9.59 Å². The SMILES string of the molecule is CS[C@@]1(C(=O)Nc2ccc3[nH]nc(I)c3c2)CCN(C(=O)OC(C)(C)C)C1. The van der Waals surface area contributed by atoms with E-state index in [2.05, 4.69) is 38.1 Å². The highest BCUT2D eigenvalue weighted by molar-refractivity contribution is 14.1. The number of fused-ring (bicyclic) bond motifs is 1. The molecular weight excluding hydrogens is 479 g/mol. The first-order valence-electron chi connectivity index (χ1n) is 8.62. The van der Waals surface area contributed by atoms with Crippen LogP contribution in [0.1, 0.15) is 27.2 Å². The van der Waals surface area contributed by atoms with Crippen LogP contribution in [0.4, 0.5) is 10.5 Å². The molecule has 0 radical (unpaired) electrons. The van der Waals surface area contributed by atoms with E-state index in [0.717, 1.165) is 20.3 Å². The first-order valence-corrected chi connectivity index (χ1v) is 10.9. The van der Waals surface area contributed by atoms with Gasteiger partial charge in [0.05, 0.1) is 5.52 Å². The Bertz CT molecular complexity index is 879. The van der Waals surface area contributed by atoms with Crippen LogP contribution in [0, 0.1) is 3.70 Å². The number of hydrogen-bond acceptors (Lipinski definition) is 5. The molecule has 0 unspecified atom stereocenters. The number of aromatic nitrogens is 2. The molecule has 2 N–H and O–H groups in total. The summed E-state index contributed by atoms with van der Waals surface area (Å²) in [6.45, 7) is 6.34. The number of ether oxygens (including phenoxy) is 1. The molecule has 146 valence electrons. The highest BCUT2D eigenvalue weighted by Gasteiger charge is 2.46. The maximum atomic E-state index is 13.0. The Balaban J connectivity index is 1.73. The first kappa shape index (κ1) is 20.2. The summed E-state index contributed by atoms with van der Waals surface area (Å²) in [5.41, 5.74) is 1.09. The average molecular weight is 502 g/mol. The van der Waals surface area contributed by atoms with Crippen molar-refractivity contribution in [2.24, 2.45) is 0 Å². The van der Waals surface area contributed by atoms with Crippen molar-refractivity contribution in [1.82, 2.24) is 15.1 Å². The van der Waals surface area contributed by atoms with Crippen LogP contribution in [-0.4, -0.2) is 56.8 Å². The highest BCUT2D eigenvalue weighted by Crippen LogP contribution is 2.36. The van der Waals surface area contributed by atoms with Crippen molar-refractivity contribution in [1.29, 1.82) is 0 Å². The Labute approximate surface area is 176 Å². The zero-order valence-electron chi connectivity index (χ0n) is 15.8. The fraction of sp³-hybridized carbons (Fsp3) is 0.500. The van der Waals surface area contributed by atoms with Gasteiger partial charge in [-0.25, -0.2) is 4.79 Å². The molecule has 1 aliphatic heterocycles. The molecular formula is C18H23IN4O3S. The Hall–Kier alpha value is -1.49. The molecule has 2 heterocycles. The normalized spacial score (nSPS) is 20.1. The van der Waals surface area contributed by atoms with E-state index >= 15 is 0 Å². The number of hydrogen-bond donors (Lipinski definition) is 2. The monoisotopic (exact) mass is 502 g/mol. The van der Waals surface area contributed by atoms with E-state index in [1.165, 1.54) is 11.8 Å². The number of aromatic amines is 1. The van der Waals surface area contributed by atoms with Crippen LogP contribution in [0.3, 0.4) is 0 Å².